The lowest BCUT2D eigenvalue weighted by atomic mass is 10.1. The molecule has 0 saturated heterocycles. The molecule has 0 aliphatic carbocycles. The first-order chi connectivity index (χ1) is 10.5. The van der Waals surface area contributed by atoms with E-state index in [9.17, 15) is 9.59 Å². The van der Waals surface area contributed by atoms with Crippen LogP contribution in [0.1, 0.15) is 28.4 Å². The lowest BCUT2D eigenvalue weighted by Crippen LogP contribution is -2.22. The molecular formula is C18H20N2O2. The Morgan fingerprint density at radius 3 is 2.41 bits per heavy atom. The van der Waals surface area contributed by atoms with E-state index in [1.54, 1.807) is 18.2 Å². The van der Waals surface area contributed by atoms with Crippen LogP contribution in [0.2, 0.25) is 0 Å². The van der Waals surface area contributed by atoms with Gasteiger partial charge in [0.1, 0.15) is 0 Å². The van der Waals surface area contributed by atoms with Crippen molar-refractivity contribution < 1.29 is 9.59 Å². The van der Waals surface area contributed by atoms with Crippen LogP contribution >= 0.6 is 0 Å². The summed E-state index contributed by atoms with van der Waals surface area (Å²) in [6, 6.07) is 13.0. The number of benzene rings is 2. The molecule has 2 aromatic carbocycles. The number of para-hydroxylation sites is 1. The van der Waals surface area contributed by atoms with Gasteiger partial charge in [-0.15, -0.1) is 0 Å². The fourth-order valence-corrected chi connectivity index (χ4v) is 2.27. The van der Waals surface area contributed by atoms with Gasteiger partial charge in [-0.3, -0.25) is 9.59 Å². The van der Waals surface area contributed by atoms with Crippen LogP contribution in [0, 0.1) is 13.8 Å². The minimum Gasteiger partial charge on any atom is -0.376 e. The zero-order valence-corrected chi connectivity index (χ0v) is 13.1. The zero-order chi connectivity index (χ0) is 16.1. The van der Waals surface area contributed by atoms with Crippen LogP contribution in [0.15, 0.2) is 42.5 Å². The molecular weight excluding hydrogens is 276 g/mol. The van der Waals surface area contributed by atoms with Crippen LogP contribution < -0.4 is 10.6 Å². The van der Waals surface area contributed by atoms with Gasteiger partial charge in [-0.25, -0.2) is 0 Å². The number of nitrogens with one attached hydrogen (secondary N) is 2. The van der Waals surface area contributed by atoms with Crippen molar-refractivity contribution in [3.05, 3.63) is 59.2 Å². The SMILES string of the molecule is CC(=O)c1ccccc1NCC(=O)Nc1ccc(C)cc1C. The summed E-state index contributed by atoms with van der Waals surface area (Å²) in [5, 5.41) is 5.88. The van der Waals surface area contributed by atoms with E-state index in [1.165, 1.54) is 6.92 Å². The molecule has 0 fully saturated rings. The predicted molar refractivity (Wildman–Crippen MR) is 89.5 cm³/mol. The van der Waals surface area contributed by atoms with Crippen molar-refractivity contribution in [2.24, 2.45) is 0 Å². The number of amides is 1. The Labute approximate surface area is 130 Å². The van der Waals surface area contributed by atoms with E-state index >= 15 is 0 Å². The maximum atomic E-state index is 12.0. The molecule has 0 unspecified atom stereocenters. The Hall–Kier alpha value is -2.62. The average Bonchev–Trinajstić information content (AvgIpc) is 2.48. The molecule has 0 spiro atoms. The number of aryl methyl sites for hydroxylation is 2. The predicted octanol–water partition coefficient (Wildman–Crippen LogP) is 3.56. The van der Waals surface area contributed by atoms with E-state index in [-0.39, 0.29) is 18.2 Å². The topological polar surface area (TPSA) is 58.2 Å². The van der Waals surface area contributed by atoms with Gasteiger partial charge in [-0.05, 0) is 44.5 Å². The fraction of sp³-hybridized carbons (Fsp3) is 0.222. The minimum absolute atomic E-state index is 0.0297. The van der Waals surface area contributed by atoms with E-state index in [1.807, 2.05) is 38.1 Å². The summed E-state index contributed by atoms with van der Waals surface area (Å²) in [4.78, 5) is 23.6. The van der Waals surface area contributed by atoms with Crippen molar-refractivity contribution in [2.75, 3.05) is 17.2 Å². The van der Waals surface area contributed by atoms with Crippen LogP contribution in [0.4, 0.5) is 11.4 Å². The number of anilines is 2. The maximum absolute atomic E-state index is 12.0. The number of carbonyl (C=O) groups excluding carboxylic acids is 2. The maximum Gasteiger partial charge on any atom is 0.243 e. The third kappa shape index (κ3) is 3.95. The summed E-state index contributed by atoms with van der Waals surface area (Å²) in [6.45, 7) is 5.59. The van der Waals surface area contributed by atoms with Gasteiger partial charge in [0.2, 0.25) is 5.91 Å². The second-order valence-corrected chi connectivity index (χ2v) is 5.32. The van der Waals surface area contributed by atoms with Crippen molar-refractivity contribution in [3.63, 3.8) is 0 Å². The fourth-order valence-electron chi connectivity index (χ4n) is 2.27. The van der Waals surface area contributed by atoms with Gasteiger partial charge in [-0.1, -0.05) is 29.8 Å². The van der Waals surface area contributed by atoms with Crippen LogP contribution in [0.5, 0.6) is 0 Å². The Morgan fingerprint density at radius 2 is 1.73 bits per heavy atom. The number of ketones is 1. The molecule has 0 aliphatic heterocycles. The monoisotopic (exact) mass is 296 g/mol. The number of Topliss-reactive ketones (excluding diaryl/α,β-unsaturated/α-hetero) is 1. The summed E-state index contributed by atoms with van der Waals surface area (Å²) in [5.74, 6) is -0.178. The molecule has 22 heavy (non-hydrogen) atoms. The molecule has 0 atom stereocenters. The molecule has 2 rings (SSSR count). The average molecular weight is 296 g/mol. The number of carbonyl (C=O) groups is 2. The molecule has 4 heteroatoms. The van der Waals surface area contributed by atoms with Crippen molar-refractivity contribution in [1.29, 1.82) is 0 Å². The number of hydrogen-bond acceptors (Lipinski definition) is 3. The van der Waals surface area contributed by atoms with Gasteiger partial charge < -0.3 is 10.6 Å². The van der Waals surface area contributed by atoms with Crippen molar-refractivity contribution in [2.45, 2.75) is 20.8 Å². The van der Waals surface area contributed by atoms with E-state index in [2.05, 4.69) is 10.6 Å². The minimum atomic E-state index is -0.148. The molecule has 0 bridgehead atoms. The normalized spacial score (nSPS) is 10.1. The lowest BCUT2D eigenvalue weighted by molar-refractivity contribution is -0.114. The highest BCUT2D eigenvalue weighted by molar-refractivity contribution is 6.00. The highest BCUT2D eigenvalue weighted by atomic mass is 16.2. The highest BCUT2D eigenvalue weighted by Crippen LogP contribution is 2.17. The van der Waals surface area contributed by atoms with Crippen LogP contribution in [0.25, 0.3) is 0 Å². The van der Waals surface area contributed by atoms with Crippen molar-refractivity contribution >= 4 is 23.1 Å². The first kappa shape index (κ1) is 15.8. The van der Waals surface area contributed by atoms with Gasteiger partial charge in [0, 0.05) is 16.9 Å². The Bertz CT molecular complexity index is 708. The summed E-state index contributed by atoms with van der Waals surface area (Å²) >= 11 is 0. The van der Waals surface area contributed by atoms with Crippen molar-refractivity contribution in [3.8, 4) is 0 Å². The van der Waals surface area contributed by atoms with E-state index < -0.39 is 0 Å². The molecule has 2 N–H and O–H groups in total. The molecule has 0 aliphatic rings. The van der Waals surface area contributed by atoms with E-state index in [0.717, 1.165) is 16.8 Å². The van der Waals surface area contributed by atoms with Gasteiger partial charge in [-0.2, -0.15) is 0 Å². The molecule has 0 radical (unpaired) electrons. The van der Waals surface area contributed by atoms with Crippen LogP contribution in [-0.2, 0) is 4.79 Å². The summed E-state index contributed by atoms with van der Waals surface area (Å²) in [5.41, 5.74) is 4.24. The summed E-state index contributed by atoms with van der Waals surface area (Å²) in [7, 11) is 0. The number of hydrogen-bond donors (Lipinski definition) is 2. The van der Waals surface area contributed by atoms with E-state index in [4.69, 9.17) is 0 Å². The molecule has 2 aromatic rings. The van der Waals surface area contributed by atoms with Gasteiger partial charge in [0.15, 0.2) is 5.78 Å². The Kier molecular flexibility index (Phi) is 4.94. The van der Waals surface area contributed by atoms with Crippen molar-refractivity contribution in [1.82, 2.24) is 0 Å². The van der Waals surface area contributed by atoms with Crippen LogP contribution in [-0.4, -0.2) is 18.2 Å². The lowest BCUT2D eigenvalue weighted by Gasteiger charge is -2.12. The smallest absolute Gasteiger partial charge is 0.243 e. The van der Waals surface area contributed by atoms with Gasteiger partial charge in [0.05, 0.1) is 6.54 Å². The van der Waals surface area contributed by atoms with Gasteiger partial charge >= 0.3 is 0 Å². The third-order valence-corrected chi connectivity index (χ3v) is 3.40. The number of rotatable bonds is 5. The summed E-state index contributed by atoms with van der Waals surface area (Å²) in [6.07, 6.45) is 0. The molecule has 4 nitrogen and oxygen atoms in total. The Morgan fingerprint density at radius 1 is 1.00 bits per heavy atom. The van der Waals surface area contributed by atoms with Crippen LogP contribution in [0.3, 0.4) is 0 Å². The third-order valence-electron chi connectivity index (χ3n) is 3.40. The first-order valence-electron chi connectivity index (χ1n) is 7.18. The largest absolute Gasteiger partial charge is 0.376 e. The second-order valence-electron chi connectivity index (χ2n) is 5.32. The van der Waals surface area contributed by atoms with E-state index in [0.29, 0.717) is 11.3 Å². The summed E-state index contributed by atoms with van der Waals surface area (Å²) < 4.78 is 0. The Balaban J connectivity index is 2.00. The second kappa shape index (κ2) is 6.89. The molecule has 0 saturated carbocycles. The molecule has 1 amide bonds. The molecule has 0 aromatic heterocycles. The molecule has 114 valence electrons. The van der Waals surface area contributed by atoms with Gasteiger partial charge in [0.25, 0.3) is 0 Å². The zero-order valence-electron chi connectivity index (χ0n) is 13.1. The highest BCUT2D eigenvalue weighted by Gasteiger charge is 2.08. The quantitative estimate of drug-likeness (QED) is 0.829. The molecule has 0 heterocycles. The standard InChI is InChI=1S/C18H20N2O2/c1-12-8-9-16(13(2)10-12)20-18(22)11-19-17-7-5-4-6-15(17)14(3)21/h4-10,19H,11H2,1-3H3,(H,20,22). The first-order valence-corrected chi connectivity index (χ1v) is 7.18.